The van der Waals surface area contributed by atoms with Crippen molar-refractivity contribution in [3.8, 4) is 34.0 Å². The Morgan fingerprint density at radius 2 is 1.02 bits per heavy atom. The van der Waals surface area contributed by atoms with Gasteiger partial charge in [-0.1, -0.05) is 79.9 Å². The minimum atomic E-state index is -0.314. The van der Waals surface area contributed by atoms with Gasteiger partial charge in [-0.05, 0) is 160 Å². The summed E-state index contributed by atoms with van der Waals surface area (Å²) in [5.41, 5.74) is 18.1. The van der Waals surface area contributed by atoms with E-state index in [0.717, 1.165) is 125 Å². The molecular formula is C77H64Br4FN23O2. The Morgan fingerprint density at radius 1 is 0.505 bits per heavy atom. The van der Waals surface area contributed by atoms with Crippen LogP contribution in [0.1, 0.15) is 66.0 Å². The summed E-state index contributed by atoms with van der Waals surface area (Å²) >= 11 is 14.1. The number of nitrogens with zero attached hydrogens (tertiary/aromatic N) is 17. The molecule has 5 aromatic carbocycles. The number of aromatic nitrogens is 19. The van der Waals surface area contributed by atoms with Crippen molar-refractivity contribution in [2.75, 3.05) is 21.3 Å². The van der Waals surface area contributed by atoms with E-state index < -0.39 is 0 Å². The number of pyridine rings is 1. The summed E-state index contributed by atoms with van der Waals surface area (Å²) in [5.74, 6) is 4.24. The molecule has 107 heavy (non-hydrogen) atoms. The van der Waals surface area contributed by atoms with Gasteiger partial charge in [0.15, 0.2) is 40.7 Å². The zero-order valence-electron chi connectivity index (χ0n) is 57.0. The molecule has 0 bridgehead atoms. The van der Waals surface area contributed by atoms with Gasteiger partial charge in [-0.3, -0.25) is 0 Å². The number of hydrogen-bond donors (Lipinski definition) is 6. The van der Waals surface area contributed by atoms with Crippen molar-refractivity contribution in [3.63, 3.8) is 0 Å². The molecule has 25 nitrogen and oxygen atoms in total. The number of nitrogens with one attached hydrogen (secondary N) is 6. The quantitative estimate of drug-likeness (QED) is 0.0387. The van der Waals surface area contributed by atoms with Crippen LogP contribution in [0.5, 0.6) is 0 Å². The molecule has 13 heterocycles. The number of hydrogen-bond acceptors (Lipinski definition) is 17. The van der Waals surface area contributed by atoms with E-state index in [0.29, 0.717) is 59.6 Å². The monoisotopic (exact) mass is 1680 g/mol. The first kappa shape index (κ1) is 69.6. The van der Waals surface area contributed by atoms with Gasteiger partial charge in [-0.15, -0.1) is 0 Å². The Hall–Kier alpha value is -11.7. The number of fused-ring (bicyclic) bond motifs is 7. The van der Waals surface area contributed by atoms with Crippen LogP contribution in [0.4, 0.5) is 27.7 Å². The Bertz CT molecular complexity index is 6180. The lowest BCUT2D eigenvalue weighted by Gasteiger charge is -2.22. The Labute approximate surface area is 642 Å². The van der Waals surface area contributed by atoms with Crippen molar-refractivity contribution in [2.24, 2.45) is 7.05 Å². The second-order valence-corrected chi connectivity index (χ2v) is 28.8. The number of anilines is 4. The van der Waals surface area contributed by atoms with E-state index in [9.17, 15) is 9.60 Å². The number of rotatable bonds is 16. The number of imidazole rings is 3. The van der Waals surface area contributed by atoms with Gasteiger partial charge in [-0.2, -0.15) is 43.2 Å². The van der Waals surface area contributed by atoms with Gasteiger partial charge in [0.1, 0.15) is 34.8 Å². The maximum atomic E-state index is 14.3. The summed E-state index contributed by atoms with van der Waals surface area (Å²) in [6, 6.07) is 50.5. The molecule has 1 fully saturated rings. The normalized spacial score (nSPS) is 12.4. The molecule has 0 saturated heterocycles. The second-order valence-electron chi connectivity index (χ2n) is 25.4. The molecule has 0 aliphatic heterocycles. The summed E-state index contributed by atoms with van der Waals surface area (Å²) in [5, 5.41) is 42.7. The Balaban J connectivity index is 0.000000109. The minimum Gasteiger partial charge on any atom is -0.619 e. The maximum Gasteiger partial charge on any atom is 0.185 e. The molecule has 0 spiro atoms. The van der Waals surface area contributed by atoms with E-state index in [4.69, 9.17) is 14.4 Å². The average molecular weight is 1680 g/mol. The summed E-state index contributed by atoms with van der Waals surface area (Å²) in [6.45, 7) is 2.44. The van der Waals surface area contributed by atoms with Gasteiger partial charge >= 0.3 is 0 Å². The number of aromatic amines is 2. The van der Waals surface area contributed by atoms with Gasteiger partial charge in [0, 0.05) is 91.9 Å². The molecule has 30 heteroatoms. The van der Waals surface area contributed by atoms with Crippen LogP contribution in [0.3, 0.4) is 0 Å². The van der Waals surface area contributed by atoms with Gasteiger partial charge in [0.25, 0.3) is 0 Å². The molecule has 6 N–H and O–H groups in total. The number of benzene rings is 5. The zero-order chi connectivity index (χ0) is 72.9. The number of halogens is 5. The molecule has 0 radical (unpaired) electrons. The van der Waals surface area contributed by atoms with Crippen LogP contribution >= 0.6 is 63.7 Å². The van der Waals surface area contributed by atoms with Crippen molar-refractivity contribution >= 4 is 143 Å². The molecular weight excluding hydrogens is 1620 g/mol. The van der Waals surface area contributed by atoms with Crippen molar-refractivity contribution in [1.82, 2.24) is 87.9 Å². The Morgan fingerprint density at radius 3 is 1.60 bits per heavy atom. The van der Waals surface area contributed by atoms with Crippen LogP contribution in [0, 0.1) is 11.0 Å². The molecule has 1 saturated carbocycles. The van der Waals surface area contributed by atoms with Crippen molar-refractivity contribution < 1.29 is 13.5 Å². The third kappa shape index (κ3) is 15.4. The van der Waals surface area contributed by atoms with Crippen LogP contribution in [0.2, 0.25) is 0 Å². The van der Waals surface area contributed by atoms with E-state index in [1.807, 2.05) is 106 Å². The summed E-state index contributed by atoms with van der Waals surface area (Å²) < 4.78 is 33.0. The lowest BCUT2D eigenvalue weighted by molar-refractivity contribution is -0.605. The van der Waals surface area contributed by atoms with Crippen LogP contribution in [0.25, 0.3) is 89.7 Å². The van der Waals surface area contributed by atoms with Crippen molar-refractivity contribution in [1.29, 1.82) is 0 Å². The predicted molar refractivity (Wildman–Crippen MR) is 425 cm³/mol. The standard InChI is InChI=1S/C21H17BrN6.C20H14BrFN6.C20H21BrN6.C16H12BrN5O2/c1-27-13-24-18-9-14(7-8-19(18)27)11-23-20-10-17(15-5-3-2-4-6-15)26-21-16(22)12-25-28(20)21;21-14-10-26-28-19(23-9-12-5-6-16-18(7-12)25-11-24-16)8-17(27-20(14)28)13-3-1-2-4-15(13)22;21-15-11-25-27-19(9-17(26-20(15)27)14-4-2-1-3-5-14)22-10-13-6-7-16-18(8-13)24-12-23-16;17-12-9-19-22-15(18-8-11-3-1-5-21(23)10-11)7-13(20-16(12)22)14-4-2-6-24-14/h2-10,12-13,23H,11H2,1H3;1-8,10-11,23H,9H2,(H,24,25);6-9,11-12,14,22H,1-5,10H2,(H,23,24);1-7,9-10,18H,8H2. The SMILES string of the molecule is Brc1cnn2c(NCc3ccc4nc[nH]c4c3)cc(C3CCCCC3)nc12.Cn1cnc2cc(CNc3cc(-c4ccccc4)nc4c(Br)cnn34)ccc21.Fc1ccccc1-c1cc(NCc2ccc3nc[nH]c3c2)n2ncc(Br)c2n1.[O-][n+]1cccc(CNc2cc(-c3ccco3)nc3c(Br)cnn23)c1. The van der Waals surface area contributed by atoms with E-state index >= 15 is 0 Å². The van der Waals surface area contributed by atoms with Crippen LogP contribution < -0.4 is 26.0 Å². The van der Waals surface area contributed by atoms with E-state index in [2.05, 4.69) is 189 Å². The van der Waals surface area contributed by atoms with Crippen LogP contribution in [-0.2, 0) is 33.2 Å². The molecule has 19 rings (SSSR count). The highest BCUT2D eigenvalue weighted by Crippen LogP contribution is 2.36. The second kappa shape index (κ2) is 31.1. The smallest absolute Gasteiger partial charge is 0.185 e. The molecule has 0 amide bonds. The maximum absolute atomic E-state index is 14.3. The molecule has 0 atom stereocenters. The van der Waals surface area contributed by atoms with Crippen LogP contribution in [0.15, 0.2) is 242 Å². The van der Waals surface area contributed by atoms with Gasteiger partial charge in [-0.25, -0.2) is 39.3 Å². The third-order valence-corrected chi connectivity index (χ3v) is 20.5. The van der Waals surface area contributed by atoms with Crippen molar-refractivity contribution in [2.45, 2.75) is 64.2 Å². The fraction of sp³-hybridized carbons (Fsp3) is 0.143. The highest BCUT2D eigenvalue weighted by Gasteiger charge is 2.22. The topological polar surface area (TPSA) is 284 Å². The lowest BCUT2D eigenvalue weighted by atomic mass is 9.87. The highest BCUT2D eigenvalue weighted by molar-refractivity contribution is 9.11. The number of H-pyrrole nitrogens is 2. The number of furan rings is 1. The van der Waals surface area contributed by atoms with Crippen LogP contribution in [-0.4, -0.2) is 87.9 Å². The first-order chi connectivity index (χ1) is 52.4. The first-order valence-electron chi connectivity index (χ1n) is 34.2. The molecule has 534 valence electrons. The third-order valence-electron chi connectivity index (χ3n) is 18.2. The van der Waals surface area contributed by atoms with E-state index in [1.165, 1.54) is 61.8 Å². The average Bonchev–Trinajstić information content (AvgIpc) is 1.58. The summed E-state index contributed by atoms with van der Waals surface area (Å²) in [4.78, 5) is 38.1. The lowest BCUT2D eigenvalue weighted by Crippen LogP contribution is -2.25. The summed E-state index contributed by atoms with van der Waals surface area (Å²) in [7, 11) is 2.00. The predicted octanol–water partition coefficient (Wildman–Crippen LogP) is 17.5. The fourth-order valence-corrected chi connectivity index (χ4v) is 14.2. The summed E-state index contributed by atoms with van der Waals surface area (Å²) in [6.07, 6.45) is 23.2. The minimum absolute atomic E-state index is 0.314. The van der Waals surface area contributed by atoms with E-state index in [-0.39, 0.29) is 5.82 Å². The highest BCUT2D eigenvalue weighted by atomic mass is 79.9. The first-order valence-corrected chi connectivity index (χ1v) is 37.4. The molecule has 18 aromatic rings. The van der Waals surface area contributed by atoms with Gasteiger partial charge in [0.2, 0.25) is 0 Å². The largest absolute Gasteiger partial charge is 0.619 e. The van der Waals surface area contributed by atoms with E-state index in [1.54, 1.807) is 76.9 Å². The Kier molecular flexibility index (Phi) is 20.3. The number of aryl methyl sites for hydroxylation is 1. The molecule has 1 aliphatic carbocycles. The van der Waals surface area contributed by atoms with Crippen molar-refractivity contribution in [3.05, 3.63) is 277 Å². The molecule has 0 unspecified atom stereocenters. The molecule has 1 aliphatic rings. The van der Waals surface area contributed by atoms with Gasteiger partial charge < -0.3 is 45.4 Å². The fourth-order valence-electron chi connectivity index (χ4n) is 12.8. The molecule has 13 aromatic heterocycles. The zero-order valence-corrected chi connectivity index (χ0v) is 63.4. The van der Waals surface area contributed by atoms with Gasteiger partial charge in [0.05, 0.1) is 112 Å².